The molecule has 1 aromatic carbocycles. The van der Waals surface area contributed by atoms with Crippen LogP contribution in [-0.4, -0.2) is 49.7 Å². The Morgan fingerprint density at radius 2 is 1.95 bits per heavy atom. The fourth-order valence-electron chi connectivity index (χ4n) is 5.95. The van der Waals surface area contributed by atoms with Gasteiger partial charge in [-0.3, -0.25) is 0 Å². The summed E-state index contributed by atoms with van der Waals surface area (Å²) in [6.45, 7) is 8.94. The lowest BCUT2D eigenvalue weighted by Gasteiger charge is -2.38. The van der Waals surface area contributed by atoms with Crippen LogP contribution in [0.15, 0.2) is 68.4 Å². The number of ether oxygens (including phenoxy) is 1. The number of aliphatic hydroxyl groups excluding tert-OH is 1. The van der Waals surface area contributed by atoms with Crippen molar-refractivity contribution in [2.45, 2.75) is 90.3 Å². The number of oxime groups is 1. The lowest BCUT2D eigenvalue weighted by molar-refractivity contribution is 0.0326. The molecule has 1 saturated heterocycles. The highest BCUT2D eigenvalue weighted by molar-refractivity contribution is 5.94. The number of rotatable bonds is 9. The van der Waals surface area contributed by atoms with Gasteiger partial charge in [0.05, 0.1) is 17.8 Å². The molecule has 1 aliphatic carbocycles. The standard InChI is InChI=1S/C29H38N4O5/c1-5-22(20-12-7-6-8-13-20)32-28(35)31-16-14-21-23(30-37-17-15-19(4)11-9-10-18(2)3)26-27(38-26)25(34)24(21)33(31)29(32)36/h6-8,10,12-13,15,21-22,24-27,34H,5,9,11,14,16-17H2,1-4H3/b19-15+,30-23-/t21-,22+,24-,25+,26-,27+/m1/s1. The van der Waals surface area contributed by atoms with E-state index in [9.17, 15) is 14.7 Å². The lowest BCUT2D eigenvalue weighted by Crippen LogP contribution is -2.53. The Morgan fingerprint density at radius 1 is 1.18 bits per heavy atom. The molecule has 0 bridgehead atoms. The zero-order valence-corrected chi connectivity index (χ0v) is 22.6. The van der Waals surface area contributed by atoms with E-state index in [1.54, 1.807) is 0 Å². The maximum absolute atomic E-state index is 13.8. The molecule has 2 fully saturated rings. The molecule has 0 spiro atoms. The number of allylic oxidation sites excluding steroid dienone is 3. The number of fused-ring (bicyclic) bond motifs is 4. The van der Waals surface area contributed by atoms with Crippen molar-refractivity contribution in [1.29, 1.82) is 0 Å². The zero-order chi connectivity index (χ0) is 27.0. The zero-order valence-electron chi connectivity index (χ0n) is 22.6. The highest BCUT2D eigenvalue weighted by Gasteiger charge is 2.61. The molecular formula is C29H38N4O5. The molecule has 1 N–H and O–H groups in total. The van der Waals surface area contributed by atoms with Gasteiger partial charge in [0.15, 0.2) is 0 Å². The Balaban J connectivity index is 1.40. The molecule has 2 aromatic rings. The predicted molar refractivity (Wildman–Crippen MR) is 145 cm³/mol. The highest BCUT2D eigenvalue weighted by atomic mass is 16.6. The number of hydrogen-bond acceptors (Lipinski definition) is 6. The van der Waals surface area contributed by atoms with E-state index in [1.165, 1.54) is 25.1 Å². The second kappa shape index (κ2) is 10.9. The van der Waals surface area contributed by atoms with Gasteiger partial charge in [0.25, 0.3) is 0 Å². The summed E-state index contributed by atoms with van der Waals surface area (Å²) in [7, 11) is 0. The number of benzene rings is 1. The van der Waals surface area contributed by atoms with E-state index < -0.39 is 23.9 Å². The average molecular weight is 523 g/mol. The molecule has 2 aliphatic heterocycles. The number of nitrogens with zero attached hydrogens (tertiary/aromatic N) is 4. The summed E-state index contributed by atoms with van der Waals surface area (Å²) in [5, 5.41) is 15.6. The molecule has 9 heteroatoms. The Kier molecular flexibility index (Phi) is 7.59. The minimum Gasteiger partial charge on any atom is -0.392 e. The van der Waals surface area contributed by atoms with E-state index in [0.717, 1.165) is 18.4 Å². The number of hydrogen-bond donors (Lipinski definition) is 1. The minimum atomic E-state index is -0.905. The van der Waals surface area contributed by atoms with E-state index in [0.29, 0.717) is 31.7 Å². The first-order valence-electron chi connectivity index (χ1n) is 13.6. The maximum Gasteiger partial charge on any atom is 0.348 e. The number of aromatic nitrogens is 3. The molecule has 204 valence electrons. The molecule has 3 aliphatic rings. The van der Waals surface area contributed by atoms with Gasteiger partial charge in [0.1, 0.15) is 24.9 Å². The van der Waals surface area contributed by atoms with Crippen molar-refractivity contribution >= 4 is 5.71 Å². The van der Waals surface area contributed by atoms with Crippen LogP contribution in [0.3, 0.4) is 0 Å². The van der Waals surface area contributed by atoms with Crippen molar-refractivity contribution in [3.05, 3.63) is 80.2 Å². The van der Waals surface area contributed by atoms with Crippen molar-refractivity contribution in [3.8, 4) is 0 Å². The van der Waals surface area contributed by atoms with Crippen LogP contribution in [-0.2, 0) is 16.1 Å². The number of aliphatic hydroxyl groups is 1. The first-order chi connectivity index (χ1) is 18.3. The topological polar surface area (TPSA) is 103 Å². The molecule has 0 radical (unpaired) electrons. The van der Waals surface area contributed by atoms with E-state index in [1.807, 2.05) is 43.3 Å². The molecular weight excluding hydrogens is 484 g/mol. The van der Waals surface area contributed by atoms with Crippen molar-refractivity contribution in [1.82, 2.24) is 13.9 Å². The van der Waals surface area contributed by atoms with Crippen LogP contribution < -0.4 is 11.4 Å². The molecule has 0 amide bonds. The molecule has 0 unspecified atom stereocenters. The van der Waals surface area contributed by atoms with Gasteiger partial charge in [-0.05, 0) is 58.1 Å². The molecule has 6 atom stereocenters. The van der Waals surface area contributed by atoms with E-state index in [-0.39, 0.29) is 23.8 Å². The SMILES string of the molecule is CC[C@@H](c1ccccc1)n1c(=O)n2n(c1=O)[C@H]1[C@H](O)[C@@H]3O[C@@H]3/C(=N\OC/C=C(\C)CCC=C(C)C)[C@H]1CC2. The summed E-state index contributed by atoms with van der Waals surface area (Å²) >= 11 is 0. The van der Waals surface area contributed by atoms with Gasteiger partial charge in [0.2, 0.25) is 0 Å². The third kappa shape index (κ3) is 4.85. The van der Waals surface area contributed by atoms with Gasteiger partial charge in [-0.1, -0.05) is 59.6 Å². The van der Waals surface area contributed by atoms with Gasteiger partial charge in [0, 0.05) is 12.5 Å². The Labute approximate surface area is 222 Å². The first-order valence-corrected chi connectivity index (χ1v) is 13.6. The fourth-order valence-corrected chi connectivity index (χ4v) is 5.95. The molecule has 9 nitrogen and oxygen atoms in total. The van der Waals surface area contributed by atoms with Gasteiger partial charge in [-0.25, -0.2) is 23.5 Å². The van der Waals surface area contributed by atoms with Crippen molar-refractivity contribution in [2.24, 2.45) is 11.1 Å². The second-order valence-corrected chi connectivity index (χ2v) is 10.8. The van der Waals surface area contributed by atoms with Crippen molar-refractivity contribution in [2.75, 3.05) is 6.61 Å². The second-order valence-electron chi connectivity index (χ2n) is 10.8. The highest BCUT2D eigenvalue weighted by Crippen LogP contribution is 2.46. The van der Waals surface area contributed by atoms with Crippen LogP contribution in [0.2, 0.25) is 0 Å². The van der Waals surface area contributed by atoms with Crippen LogP contribution in [0.5, 0.6) is 0 Å². The summed E-state index contributed by atoms with van der Waals surface area (Å²) in [5.41, 5.74) is 3.41. The monoisotopic (exact) mass is 522 g/mol. The van der Waals surface area contributed by atoms with Gasteiger partial charge in [-0.2, -0.15) is 0 Å². The largest absolute Gasteiger partial charge is 0.392 e. The van der Waals surface area contributed by atoms with Crippen LogP contribution in [0.1, 0.15) is 71.0 Å². The normalized spacial score (nSPS) is 27.8. The van der Waals surface area contributed by atoms with Crippen molar-refractivity contribution < 1.29 is 14.7 Å². The Bertz CT molecular complexity index is 1360. The van der Waals surface area contributed by atoms with Crippen LogP contribution in [0.4, 0.5) is 0 Å². The predicted octanol–water partition coefficient (Wildman–Crippen LogP) is 3.58. The molecule has 3 heterocycles. The third-order valence-electron chi connectivity index (χ3n) is 7.97. The van der Waals surface area contributed by atoms with E-state index in [2.05, 4.69) is 32.0 Å². The quantitative estimate of drug-likeness (QED) is 0.235. The Morgan fingerprint density at radius 3 is 2.66 bits per heavy atom. The summed E-state index contributed by atoms with van der Waals surface area (Å²) in [5.74, 6) is -0.249. The third-order valence-corrected chi connectivity index (χ3v) is 7.97. The summed E-state index contributed by atoms with van der Waals surface area (Å²) in [6.07, 6.45) is 5.71. The first kappa shape index (κ1) is 26.4. The molecule has 5 rings (SSSR count). The van der Waals surface area contributed by atoms with Crippen LogP contribution >= 0.6 is 0 Å². The molecule has 1 aromatic heterocycles. The summed E-state index contributed by atoms with van der Waals surface area (Å²) in [4.78, 5) is 32.9. The number of epoxide rings is 1. The van der Waals surface area contributed by atoms with Crippen LogP contribution in [0, 0.1) is 5.92 Å². The fraction of sp³-hybridized carbons (Fsp3) is 0.552. The van der Waals surface area contributed by atoms with Gasteiger partial charge >= 0.3 is 11.4 Å². The lowest BCUT2D eigenvalue weighted by atomic mass is 9.78. The smallest absolute Gasteiger partial charge is 0.348 e. The Hall–Kier alpha value is -3.17. The van der Waals surface area contributed by atoms with Gasteiger partial charge < -0.3 is 14.7 Å². The van der Waals surface area contributed by atoms with E-state index in [4.69, 9.17) is 9.57 Å². The summed E-state index contributed by atoms with van der Waals surface area (Å²) < 4.78 is 10.1. The maximum atomic E-state index is 13.8. The van der Waals surface area contributed by atoms with Crippen molar-refractivity contribution in [3.63, 3.8) is 0 Å². The van der Waals surface area contributed by atoms with E-state index >= 15 is 0 Å². The molecule has 1 saturated carbocycles. The van der Waals surface area contributed by atoms with Crippen LogP contribution in [0.25, 0.3) is 0 Å². The van der Waals surface area contributed by atoms with Gasteiger partial charge in [-0.15, -0.1) is 0 Å². The molecule has 38 heavy (non-hydrogen) atoms. The minimum absolute atomic E-state index is 0.249. The average Bonchev–Trinajstić information content (AvgIpc) is 3.67. The summed E-state index contributed by atoms with van der Waals surface area (Å²) in [6, 6.07) is 8.58.